The summed E-state index contributed by atoms with van der Waals surface area (Å²) in [5.41, 5.74) is 4.91. The molecule has 0 spiro atoms. The van der Waals surface area contributed by atoms with Gasteiger partial charge >= 0.3 is 6.03 Å². The van der Waals surface area contributed by atoms with Crippen LogP contribution in [0, 0.1) is 0 Å². The van der Waals surface area contributed by atoms with E-state index in [1.54, 1.807) is 6.92 Å². The topological polar surface area (TPSA) is 104 Å². The molecular formula is C10H19N3O3. The molecule has 1 rings (SSSR count). The fraction of sp³-hybridized carbons (Fsp3) is 0.800. The molecule has 92 valence electrons. The zero-order valence-electron chi connectivity index (χ0n) is 9.40. The number of carbonyl (C=O) groups excluding carboxylic acids is 2. The average Bonchev–Trinajstić information content (AvgIpc) is 2.20. The summed E-state index contributed by atoms with van der Waals surface area (Å²) in [7, 11) is 0. The second-order valence-electron chi connectivity index (χ2n) is 4.20. The number of aliphatic hydroxyl groups is 1. The van der Waals surface area contributed by atoms with Crippen molar-refractivity contribution in [3.63, 3.8) is 0 Å². The maximum Gasteiger partial charge on any atom is 0.312 e. The number of hydrogen-bond acceptors (Lipinski definition) is 3. The van der Waals surface area contributed by atoms with E-state index in [-0.39, 0.29) is 11.9 Å². The van der Waals surface area contributed by atoms with Crippen LogP contribution < -0.4 is 16.4 Å². The smallest absolute Gasteiger partial charge is 0.312 e. The quantitative estimate of drug-likeness (QED) is 0.522. The molecule has 3 atom stereocenters. The van der Waals surface area contributed by atoms with Gasteiger partial charge in [0.25, 0.3) is 0 Å². The van der Waals surface area contributed by atoms with Gasteiger partial charge < -0.3 is 21.5 Å². The molecule has 1 aliphatic carbocycles. The molecule has 3 unspecified atom stereocenters. The van der Waals surface area contributed by atoms with Gasteiger partial charge in [-0.05, 0) is 19.8 Å². The third-order valence-corrected chi connectivity index (χ3v) is 2.81. The first-order valence-electron chi connectivity index (χ1n) is 5.55. The maximum atomic E-state index is 11.6. The Bertz CT molecular complexity index is 270. The largest absolute Gasteiger partial charge is 0.391 e. The lowest BCUT2D eigenvalue weighted by Crippen LogP contribution is -2.52. The number of aliphatic hydroxyl groups excluding tert-OH is 1. The average molecular weight is 229 g/mol. The second-order valence-corrected chi connectivity index (χ2v) is 4.20. The third kappa shape index (κ3) is 3.69. The van der Waals surface area contributed by atoms with Crippen LogP contribution in [0.3, 0.4) is 0 Å². The molecule has 0 bridgehead atoms. The first kappa shape index (κ1) is 12.8. The van der Waals surface area contributed by atoms with E-state index in [2.05, 4.69) is 10.6 Å². The van der Waals surface area contributed by atoms with Crippen molar-refractivity contribution >= 4 is 11.9 Å². The highest BCUT2D eigenvalue weighted by molar-refractivity contribution is 5.86. The van der Waals surface area contributed by atoms with Crippen LogP contribution in [0.1, 0.15) is 32.6 Å². The van der Waals surface area contributed by atoms with E-state index in [4.69, 9.17) is 5.73 Å². The van der Waals surface area contributed by atoms with E-state index >= 15 is 0 Å². The Hall–Kier alpha value is -1.30. The summed E-state index contributed by atoms with van der Waals surface area (Å²) in [6.07, 6.45) is 2.99. The molecule has 1 saturated carbocycles. The van der Waals surface area contributed by atoms with Crippen LogP contribution in [-0.2, 0) is 4.79 Å². The van der Waals surface area contributed by atoms with Crippen LogP contribution in [0.4, 0.5) is 4.79 Å². The zero-order valence-corrected chi connectivity index (χ0v) is 9.40. The summed E-state index contributed by atoms with van der Waals surface area (Å²) >= 11 is 0. The minimum absolute atomic E-state index is 0.210. The Morgan fingerprint density at radius 3 is 2.56 bits per heavy atom. The van der Waals surface area contributed by atoms with Crippen molar-refractivity contribution in [1.29, 1.82) is 0 Å². The van der Waals surface area contributed by atoms with Gasteiger partial charge in [0, 0.05) is 0 Å². The number of carbonyl (C=O) groups is 2. The molecule has 0 aliphatic heterocycles. The van der Waals surface area contributed by atoms with Gasteiger partial charge in [-0.1, -0.05) is 12.8 Å². The van der Waals surface area contributed by atoms with E-state index in [1.165, 1.54) is 0 Å². The van der Waals surface area contributed by atoms with Crippen molar-refractivity contribution in [3.8, 4) is 0 Å². The highest BCUT2D eigenvalue weighted by Crippen LogP contribution is 2.18. The Balaban J connectivity index is 2.40. The Morgan fingerprint density at radius 1 is 1.38 bits per heavy atom. The molecule has 16 heavy (non-hydrogen) atoms. The minimum Gasteiger partial charge on any atom is -0.391 e. The Morgan fingerprint density at radius 2 is 2.00 bits per heavy atom. The fourth-order valence-electron chi connectivity index (χ4n) is 1.87. The van der Waals surface area contributed by atoms with E-state index in [9.17, 15) is 14.7 Å². The molecule has 6 nitrogen and oxygen atoms in total. The van der Waals surface area contributed by atoms with Crippen molar-refractivity contribution in [2.45, 2.75) is 50.8 Å². The molecule has 0 saturated heterocycles. The summed E-state index contributed by atoms with van der Waals surface area (Å²) < 4.78 is 0. The summed E-state index contributed by atoms with van der Waals surface area (Å²) in [6, 6.07) is -1.61. The van der Waals surface area contributed by atoms with Crippen molar-refractivity contribution in [2.75, 3.05) is 0 Å². The standard InChI is InChI=1S/C10H19N3O3/c1-6(12-10(11)16)9(15)13-7-4-2-3-5-8(7)14/h6-8,14H,2-5H2,1H3,(H,13,15)(H3,11,12,16). The molecule has 0 aromatic heterocycles. The van der Waals surface area contributed by atoms with Crippen LogP contribution in [0.2, 0.25) is 0 Å². The van der Waals surface area contributed by atoms with Crippen molar-refractivity contribution in [3.05, 3.63) is 0 Å². The Labute approximate surface area is 94.6 Å². The van der Waals surface area contributed by atoms with Gasteiger partial charge in [-0.2, -0.15) is 0 Å². The molecular weight excluding hydrogens is 210 g/mol. The number of nitrogens with one attached hydrogen (secondary N) is 2. The first-order chi connectivity index (χ1) is 7.50. The van der Waals surface area contributed by atoms with E-state index in [0.29, 0.717) is 6.42 Å². The first-order valence-corrected chi connectivity index (χ1v) is 5.55. The zero-order chi connectivity index (χ0) is 12.1. The van der Waals surface area contributed by atoms with Crippen LogP contribution in [0.15, 0.2) is 0 Å². The van der Waals surface area contributed by atoms with E-state index in [0.717, 1.165) is 19.3 Å². The van der Waals surface area contributed by atoms with Gasteiger partial charge in [0.2, 0.25) is 5.91 Å². The molecule has 5 N–H and O–H groups in total. The predicted molar refractivity (Wildman–Crippen MR) is 58.6 cm³/mol. The highest BCUT2D eigenvalue weighted by Gasteiger charge is 2.26. The van der Waals surface area contributed by atoms with Crippen molar-refractivity contribution < 1.29 is 14.7 Å². The summed E-state index contributed by atoms with van der Waals surface area (Å²) in [5, 5.41) is 14.7. The lowest BCUT2D eigenvalue weighted by Gasteiger charge is -2.29. The number of rotatable bonds is 3. The highest BCUT2D eigenvalue weighted by atomic mass is 16.3. The number of amides is 3. The molecule has 6 heteroatoms. The minimum atomic E-state index is -0.730. The number of nitrogens with two attached hydrogens (primary N) is 1. The van der Waals surface area contributed by atoms with Crippen LogP contribution >= 0.6 is 0 Å². The van der Waals surface area contributed by atoms with Gasteiger partial charge in [0.05, 0.1) is 12.1 Å². The summed E-state index contributed by atoms with van der Waals surface area (Å²) in [5.74, 6) is -0.315. The normalized spacial score (nSPS) is 26.9. The molecule has 1 fully saturated rings. The number of urea groups is 1. The number of primary amides is 1. The van der Waals surface area contributed by atoms with Gasteiger partial charge in [-0.25, -0.2) is 4.79 Å². The Kier molecular flexibility index (Phi) is 4.54. The van der Waals surface area contributed by atoms with Crippen molar-refractivity contribution in [1.82, 2.24) is 10.6 Å². The molecule has 0 aromatic rings. The van der Waals surface area contributed by atoms with Crippen LogP contribution in [0.5, 0.6) is 0 Å². The van der Waals surface area contributed by atoms with Gasteiger partial charge in [-0.3, -0.25) is 4.79 Å². The molecule has 0 radical (unpaired) electrons. The van der Waals surface area contributed by atoms with E-state index in [1.807, 2.05) is 0 Å². The second kappa shape index (κ2) is 5.69. The lowest BCUT2D eigenvalue weighted by atomic mass is 9.92. The lowest BCUT2D eigenvalue weighted by molar-refractivity contribution is -0.124. The summed E-state index contributed by atoms with van der Waals surface area (Å²) in [6.45, 7) is 1.55. The summed E-state index contributed by atoms with van der Waals surface area (Å²) in [4.78, 5) is 22.2. The van der Waals surface area contributed by atoms with Gasteiger partial charge in [0.15, 0.2) is 0 Å². The molecule has 0 aromatic carbocycles. The van der Waals surface area contributed by atoms with Crippen LogP contribution in [0.25, 0.3) is 0 Å². The SMILES string of the molecule is CC(NC(N)=O)C(=O)NC1CCCCC1O. The molecule has 0 heterocycles. The predicted octanol–water partition coefficient (Wildman–Crippen LogP) is -0.537. The monoisotopic (exact) mass is 229 g/mol. The van der Waals surface area contributed by atoms with Crippen LogP contribution in [-0.4, -0.2) is 35.2 Å². The van der Waals surface area contributed by atoms with Crippen molar-refractivity contribution in [2.24, 2.45) is 5.73 Å². The third-order valence-electron chi connectivity index (χ3n) is 2.81. The number of hydrogen-bond donors (Lipinski definition) is 4. The van der Waals surface area contributed by atoms with Gasteiger partial charge in [0.1, 0.15) is 6.04 Å². The molecule has 3 amide bonds. The van der Waals surface area contributed by atoms with Gasteiger partial charge in [-0.15, -0.1) is 0 Å². The molecule has 1 aliphatic rings. The fourth-order valence-corrected chi connectivity index (χ4v) is 1.87. The maximum absolute atomic E-state index is 11.6. The van der Waals surface area contributed by atoms with E-state index < -0.39 is 18.2 Å².